The molecule has 0 amide bonds. The van der Waals surface area contributed by atoms with Gasteiger partial charge >= 0.3 is 0 Å². The van der Waals surface area contributed by atoms with E-state index in [2.05, 4.69) is 0 Å². The van der Waals surface area contributed by atoms with Crippen molar-refractivity contribution >= 4 is 11.5 Å². The molecule has 0 saturated heterocycles. The van der Waals surface area contributed by atoms with Crippen LogP contribution in [0.5, 0.6) is 0 Å². The number of rotatable bonds is 5. The number of nitrogens with zero attached hydrogens (tertiary/aromatic N) is 1. The molecule has 17 heavy (non-hydrogen) atoms. The molecule has 0 unspecified atom stereocenters. The van der Waals surface area contributed by atoms with Crippen molar-refractivity contribution in [1.82, 2.24) is 0 Å². The minimum absolute atomic E-state index is 0.102. The largest absolute Gasteiger partial charge is 0.299 e. The van der Waals surface area contributed by atoms with Gasteiger partial charge in [0, 0.05) is 24.5 Å². The zero-order valence-electron chi connectivity index (χ0n) is 10.4. The first kappa shape index (κ1) is 13.4. The molecule has 0 N–H and O–H groups in total. The van der Waals surface area contributed by atoms with Gasteiger partial charge in [0.15, 0.2) is 0 Å². The lowest BCUT2D eigenvalue weighted by Gasteiger charge is -2.05. The highest BCUT2D eigenvalue weighted by atomic mass is 16.6. The van der Waals surface area contributed by atoms with Crippen molar-refractivity contribution in [3.8, 4) is 0 Å². The first-order valence-electron chi connectivity index (χ1n) is 5.65. The van der Waals surface area contributed by atoms with Gasteiger partial charge in [0.25, 0.3) is 5.69 Å². The van der Waals surface area contributed by atoms with Crippen molar-refractivity contribution < 1.29 is 9.72 Å². The monoisotopic (exact) mass is 235 g/mol. The lowest BCUT2D eigenvalue weighted by Crippen LogP contribution is -2.06. The molecule has 4 heteroatoms. The number of ketones is 1. The maximum atomic E-state index is 11.6. The normalized spacial score (nSPS) is 10.6. The van der Waals surface area contributed by atoms with Crippen LogP contribution in [-0.4, -0.2) is 10.7 Å². The molecule has 1 aromatic rings. The van der Waals surface area contributed by atoms with Crippen LogP contribution in [-0.2, 0) is 11.2 Å². The molecule has 0 aromatic heterocycles. The molecule has 0 aliphatic carbocycles. The van der Waals surface area contributed by atoms with Crippen LogP contribution in [0.2, 0.25) is 0 Å². The highest BCUT2D eigenvalue weighted by Crippen LogP contribution is 2.19. The average Bonchev–Trinajstić information content (AvgIpc) is 2.15. The van der Waals surface area contributed by atoms with Crippen molar-refractivity contribution in [1.29, 1.82) is 0 Å². The number of hydrogen-bond acceptors (Lipinski definition) is 3. The molecule has 0 radical (unpaired) electrons. The molecule has 0 aliphatic heterocycles. The van der Waals surface area contributed by atoms with Crippen LogP contribution in [0, 0.1) is 23.0 Å². The van der Waals surface area contributed by atoms with Crippen LogP contribution in [0.25, 0.3) is 0 Å². The van der Waals surface area contributed by atoms with Gasteiger partial charge in [-0.25, -0.2) is 0 Å². The van der Waals surface area contributed by atoms with E-state index in [-0.39, 0.29) is 11.5 Å². The van der Waals surface area contributed by atoms with E-state index in [1.54, 1.807) is 19.1 Å². The van der Waals surface area contributed by atoms with Crippen LogP contribution < -0.4 is 0 Å². The third-order valence-corrected chi connectivity index (χ3v) is 2.50. The summed E-state index contributed by atoms with van der Waals surface area (Å²) in [5, 5.41) is 10.6. The maximum Gasteiger partial charge on any atom is 0.272 e. The molecule has 1 aromatic carbocycles. The molecule has 0 atom stereocenters. The van der Waals surface area contributed by atoms with E-state index in [9.17, 15) is 14.9 Å². The molecule has 0 fully saturated rings. The van der Waals surface area contributed by atoms with Gasteiger partial charge in [0.2, 0.25) is 0 Å². The highest BCUT2D eigenvalue weighted by molar-refractivity contribution is 5.81. The summed E-state index contributed by atoms with van der Waals surface area (Å²) >= 11 is 0. The van der Waals surface area contributed by atoms with Gasteiger partial charge in [-0.15, -0.1) is 0 Å². The zero-order chi connectivity index (χ0) is 13.0. The fourth-order valence-corrected chi connectivity index (χ4v) is 1.79. The Morgan fingerprint density at radius 3 is 2.53 bits per heavy atom. The molecule has 92 valence electrons. The summed E-state index contributed by atoms with van der Waals surface area (Å²) in [5.74, 6) is 0.523. The van der Waals surface area contributed by atoms with Gasteiger partial charge < -0.3 is 0 Å². The van der Waals surface area contributed by atoms with E-state index < -0.39 is 4.92 Å². The van der Waals surface area contributed by atoms with Gasteiger partial charge in [-0.05, 0) is 24.5 Å². The van der Waals surface area contributed by atoms with E-state index in [1.807, 2.05) is 13.8 Å². The third-order valence-electron chi connectivity index (χ3n) is 2.50. The Hall–Kier alpha value is -1.71. The maximum absolute atomic E-state index is 11.6. The Balaban J connectivity index is 2.77. The summed E-state index contributed by atoms with van der Waals surface area (Å²) in [5.41, 5.74) is 1.55. The van der Waals surface area contributed by atoms with Crippen molar-refractivity contribution in [3.05, 3.63) is 39.4 Å². The van der Waals surface area contributed by atoms with E-state index in [0.717, 1.165) is 5.56 Å². The van der Waals surface area contributed by atoms with E-state index in [0.29, 0.717) is 24.3 Å². The standard InChI is InChI=1S/C13H17NO3/c1-9(2)6-12(15)8-11-4-5-13(14(16)17)10(3)7-11/h4-5,7,9H,6,8H2,1-3H3. The molecule has 0 saturated carbocycles. The zero-order valence-corrected chi connectivity index (χ0v) is 10.4. The van der Waals surface area contributed by atoms with Crippen molar-refractivity contribution in [2.75, 3.05) is 0 Å². The van der Waals surface area contributed by atoms with Crippen molar-refractivity contribution in [3.63, 3.8) is 0 Å². The first-order chi connectivity index (χ1) is 7.90. The minimum atomic E-state index is -0.408. The molecular weight excluding hydrogens is 218 g/mol. The fraction of sp³-hybridized carbons (Fsp3) is 0.462. The molecule has 1 rings (SSSR count). The topological polar surface area (TPSA) is 60.2 Å². The number of Topliss-reactive ketones (excluding diaryl/α,β-unsaturated/α-hetero) is 1. The summed E-state index contributed by atoms with van der Waals surface area (Å²) in [6, 6.07) is 4.84. The van der Waals surface area contributed by atoms with Crippen LogP contribution in [0.4, 0.5) is 5.69 Å². The van der Waals surface area contributed by atoms with Gasteiger partial charge in [-0.2, -0.15) is 0 Å². The molecular formula is C13H17NO3. The summed E-state index contributed by atoms with van der Waals surface area (Å²) in [6.45, 7) is 5.69. The SMILES string of the molecule is Cc1cc(CC(=O)CC(C)C)ccc1[N+](=O)[O-]. The minimum Gasteiger partial charge on any atom is -0.299 e. The number of carbonyl (C=O) groups is 1. The van der Waals surface area contributed by atoms with E-state index in [4.69, 9.17) is 0 Å². The number of hydrogen-bond donors (Lipinski definition) is 0. The average molecular weight is 235 g/mol. The van der Waals surface area contributed by atoms with Gasteiger partial charge in [-0.3, -0.25) is 14.9 Å². The second kappa shape index (κ2) is 5.57. The number of nitro groups is 1. The Morgan fingerprint density at radius 1 is 1.41 bits per heavy atom. The predicted octanol–water partition coefficient (Wildman–Crippen LogP) is 3.06. The summed E-state index contributed by atoms with van der Waals surface area (Å²) in [6.07, 6.45) is 0.910. The quantitative estimate of drug-likeness (QED) is 0.582. The summed E-state index contributed by atoms with van der Waals surface area (Å²) < 4.78 is 0. The fourth-order valence-electron chi connectivity index (χ4n) is 1.79. The Labute approximate surface area is 101 Å². The third kappa shape index (κ3) is 3.98. The predicted molar refractivity (Wildman–Crippen MR) is 66.0 cm³/mol. The Morgan fingerprint density at radius 2 is 2.06 bits per heavy atom. The van der Waals surface area contributed by atoms with Crippen LogP contribution in [0.15, 0.2) is 18.2 Å². The molecule has 0 aliphatic rings. The second-order valence-electron chi connectivity index (χ2n) is 4.69. The van der Waals surface area contributed by atoms with Crippen molar-refractivity contribution in [2.24, 2.45) is 5.92 Å². The lowest BCUT2D eigenvalue weighted by molar-refractivity contribution is -0.385. The number of benzene rings is 1. The lowest BCUT2D eigenvalue weighted by atomic mass is 10.00. The van der Waals surface area contributed by atoms with Crippen LogP contribution in [0.3, 0.4) is 0 Å². The first-order valence-corrected chi connectivity index (χ1v) is 5.65. The highest BCUT2D eigenvalue weighted by Gasteiger charge is 2.12. The van der Waals surface area contributed by atoms with E-state index >= 15 is 0 Å². The molecule has 4 nitrogen and oxygen atoms in total. The van der Waals surface area contributed by atoms with Crippen LogP contribution >= 0.6 is 0 Å². The summed E-state index contributed by atoms with van der Waals surface area (Å²) in [7, 11) is 0. The second-order valence-corrected chi connectivity index (χ2v) is 4.69. The summed E-state index contributed by atoms with van der Waals surface area (Å²) in [4.78, 5) is 21.9. The number of nitro benzene ring substituents is 1. The Kier molecular flexibility index (Phi) is 4.37. The van der Waals surface area contributed by atoms with Gasteiger partial charge in [-0.1, -0.05) is 19.9 Å². The molecule has 0 bridgehead atoms. The Bertz CT molecular complexity index is 438. The molecule has 0 spiro atoms. The van der Waals surface area contributed by atoms with Gasteiger partial charge in [0.05, 0.1) is 4.92 Å². The molecule has 0 heterocycles. The van der Waals surface area contributed by atoms with Crippen LogP contribution in [0.1, 0.15) is 31.4 Å². The smallest absolute Gasteiger partial charge is 0.272 e. The van der Waals surface area contributed by atoms with E-state index in [1.165, 1.54) is 6.07 Å². The van der Waals surface area contributed by atoms with Gasteiger partial charge in [0.1, 0.15) is 5.78 Å². The number of carbonyl (C=O) groups excluding carboxylic acids is 1. The number of aryl methyl sites for hydroxylation is 1. The van der Waals surface area contributed by atoms with Crippen molar-refractivity contribution in [2.45, 2.75) is 33.6 Å².